The highest BCUT2D eigenvalue weighted by atomic mass is 32.2. The maximum Gasteiger partial charge on any atom is 0.309 e. The number of thiophene rings is 2. The van der Waals surface area contributed by atoms with Crippen LogP contribution in [0.1, 0.15) is 21.3 Å². The minimum Gasteiger partial charge on any atom is -0.346 e. The Morgan fingerprint density at radius 2 is 1.62 bits per heavy atom. The number of sulfone groups is 1. The van der Waals surface area contributed by atoms with Crippen LogP contribution in [0.15, 0.2) is 63.5 Å². The van der Waals surface area contributed by atoms with E-state index in [4.69, 9.17) is 0 Å². The third kappa shape index (κ3) is 5.11. The summed E-state index contributed by atoms with van der Waals surface area (Å²) in [6, 6.07) is 14.2. The van der Waals surface area contributed by atoms with Crippen molar-refractivity contribution < 1.29 is 18.0 Å². The molecule has 2 N–H and O–H groups in total. The molecule has 2 heterocycles. The molecule has 0 saturated heterocycles. The van der Waals surface area contributed by atoms with Gasteiger partial charge in [-0.2, -0.15) is 0 Å². The molecule has 3 aromatic rings. The molecule has 1 aromatic carbocycles. The average Bonchev–Trinajstić information content (AvgIpc) is 3.41. The molecule has 2 aromatic heterocycles. The molecule has 29 heavy (non-hydrogen) atoms. The van der Waals surface area contributed by atoms with Crippen molar-refractivity contribution in [3.63, 3.8) is 0 Å². The van der Waals surface area contributed by atoms with Crippen molar-refractivity contribution in [2.75, 3.05) is 6.54 Å². The van der Waals surface area contributed by atoms with Crippen LogP contribution in [-0.4, -0.2) is 26.8 Å². The van der Waals surface area contributed by atoms with Crippen molar-refractivity contribution in [3.8, 4) is 0 Å². The van der Waals surface area contributed by atoms with Crippen LogP contribution in [0.25, 0.3) is 0 Å². The Morgan fingerprint density at radius 1 is 0.931 bits per heavy atom. The van der Waals surface area contributed by atoms with E-state index in [1.165, 1.54) is 17.4 Å². The van der Waals surface area contributed by atoms with Crippen LogP contribution in [-0.2, 0) is 26.0 Å². The van der Waals surface area contributed by atoms with Crippen molar-refractivity contribution in [2.45, 2.75) is 22.9 Å². The number of hydrogen-bond donors (Lipinski definition) is 2. The van der Waals surface area contributed by atoms with E-state index in [2.05, 4.69) is 10.6 Å². The molecule has 0 unspecified atom stereocenters. The van der Waals surface area contributed by atoms with Crippen LogP contribution in [0.4, 0.5) is 0 Å². The Hall–Kier alpha value is -2.49. The van der Waals surface area contributed by atoms with E-state index in [0.29, 0.717) is 4.88 Å². The Bertz CT molecular complexity index is 1070. The Morgan fingerprint density at radius 3 is 2.28 bits per heavy atom. The van der Waals surface area contributed by atoms with Gasteiger partial charge >= 0.3 is 11.8 Å². The Balaban J connectivity index is 1.66. The normalized spacial score (nSPS) is 12.3. The zero-order valence-corrected chi connectivity index (χ0v) is 18.1. The summed E-state index contributed by atoms with van der Waals surface area (Å²) in [5, 5.41) is 7.56. The fourth-order valence-electron chi connectivity index (χ4n) is 2.73. The van der Waals surface area contributed by atoms with Crippen LogP contribution in [0.3, 0.4) is 0 Å². The molecular weight excluding hydrogens is 428 g/mol. The van der Waals surface area contributed by atoms with E-state index in [0.717, 1.165) is 22.5 Å². The van der Waals surface area contributed by atoms with Gasteiger partial charge in [0, 0.05) is 18.0 Å². The molecule has 152 valence electrons. The second kappa shape index (κ2) is 9.34. The summed E-state index contributed by atoms with van der Waals surface area (Å²) in [5.74, 6) is -1.66. The number of nitrogens with one attached hydrogen (secondary N) is 2. The van der Waals surface area contributed by atoms with E-state index < -0.39 is 26.9 Å². The van der Waals surface area contributed by atoms with Crippen LogP contribution in [0.2, 0.25) is 0 Å². The van der Waals surface area contributed by atoms with Crippen molar-refractivity contribution in [1.82, 2.24) is 10.6 Å². The van der Waals surface area contributed by atoms with Crippen LogP contribution >= 0.6 is 22.7 Å². The molecule has 9 heteroatoms. The lowest BCUT2D eigenvalue weighted by Gasteiger charge is -2.16. The fourth-order valence-corrected chi connectivity index (χ4v) is 6.72. The topological polar surface area (TPSA) is 92.3 Å². The maximum absolute atomic E-state index is 13.0. The van der Waals surface area contributed by atoms with Crippen molar-refractivity contribution in [2.24, 2.45) is 0 Å². The highest BCUT2D eigenvalue weighted by molar-refractivity contribution is 7.93. The van der Waals surface area contributed by atoms with E-state index in [9.17, 15) is 18.0 Å². The second-order valence-corrected chi connectivity index (χ2v) is 10.6. The predicted molar refractivity (Wildman–Crippen MR) is 115 cm³/mol. The zero-order chi connectivity index (χ0) is 20.9. The molecule has 0 fully saturated rings. The highest BCUT2D eigenvalue weighted by Crippen LogP contribution is 2.33. The number of benzene rings is 1. The van der Waals surface area contributed by atoms with Crippen molar-refractivity contribution in [3.05, 3.63) is 75.3 Å². The van der Waals surface area contributed by atoms with Crippen molar-refractivity contribution in [1.29, 1.82) is 0 Å². The number of carbonyl (C=O) groups excluding carboxylic acids is 2. The van der Waals surface area contributed by atoms with Gasteiger partial charge in [0.05, 0.1) is 0 Å². The van der Waals surface area contributed by atoms with Crippen LogP contribution in [0.5, 0.6) is 0 Å². The second-order valence-electron chi connectivity index (χ2n) is 6.30. The lowest BCUT2D eigenvalue weighted by Crippen LogP contribution is -2.42. The van der Waals surface area contributed by atoms with Gasteiger partial charge in [0.2, 0.25) is 0 Å². The highest BCUT2D eigenvalue weighted by Gasteiger charge is 2.31. The van der Waals surface area contributed by atoms with Gasteiger partial charge in [-0.1, -0.05) is 36.4 Å². The molecule has 2 amide bonds. The Kier molecular flexibility index (Phi) is 6.83. The summed E-state index contributed by atoms with van der Waals surface area (Å²) in [7, 11) is -3.68. The molecule has 0 spiro atoms. The van der Waals surface area contributed by atoms with Gasteiger partial charge in [0.15, 0.2) is 9.84 Å². The van der Waals surface area contributed by atoms with Gasteiger partial charge in [-0.25, -0.2) is 8.42 Å². The minimum absolute atomic E-state index is 0.183. The van der Waals surface area contributed by atoms with E-state index >= 15 is 0 Å². The predicted octanol–water partition coefficient (Wildman–Crippen LogP) is 3.07. The molecule has 0 bridgehead atoms. The van der Waals surface area contributed by atoms with Gasteiger partial charge in [0.25, 0.3) is 0 Å². The number of aryl methyl sites for hydroxylation is 1. The number of hydrogen-bond acceptors (Lipinski definition) is 6. The number of amides is 2. The maximum atomic E-state index is 13.0. The third-order valence-corrected chi connectivity index (χ3v) is 9.01. The van der Waals surface area contributed by atoms with Gasteiger partial charge < -0.3 is 10.6 Å². The summed E-state index contributed by atoms with van der Waals surface area (Å²) in [4.78, 5) is 25.0. The first-order chi connectivity index (χ1) is 13.9. The Labute approximate surface area is 177 Å². The molecule has 0 aliphatic rings. The van der Waals surface area contributed by atoms with Crippen LogP contribution in [0, 0.1) is 6.92 Å². The van der Waals surface area contributed by atoms with Gasteiger partial charge in [0.1, 0.15) is 9.46 Å². The third-order valence-electron chi connectivity index (χ3n) is 4.37. The summed E-state index contributed by atoms with van der Waals surface area (Å²) in [5.41, 5.74) is 1.92. The fraction of sp³-hybridized carbons (Fsp3) is 0.200. The van der Waals surface area contributed by atoms with Gasteiger partial charge in [-0.3, -0.25) is 9.59 Å². The molecule has 0 aliphatic heterocycles. The van der Waals surface area contributed by atoms with E-state index in [-0.39, 0.29) is 17.3 Å². The summed E-state index contributed by atoms with van der Waals surface area (Å²) in [6.07, 6.45) is 0. The summed E-state index contributed by atoms with van der Waals surface area (Å²) >= 11 is 2.43. The molecule has 3 rings (SSSR count). The number of carbonyl (C=O) groups is 2. The lowest BCUT2D eigenvalue weighted by molar-refractivity contribution is -0.139. The minimum atomic E-state index is -3.68. The van der Waals surface area contributed by atoms with Crippen molar-refractivity contribution >= 4 is 44.3 Å². The first-order valence-electron chi connectivity index (χ1n) is 8.81. The molecule has 6 nitrogen and oxygen atoms in total. The first kappa shape index (κ1) is 21.2. The molecule has 0 aliphatic carbocycles. The smallest absolute Gasteiger partial charge is 0.309 e. The number of rotatable bonds is 7. The molecule has 1 atom stereocenters. The van der Waals surface area contributed by atoms with Gasteiger partial charge in [-0.05, 0) is 40.9 Å². The average molecular weight is 449 g/mol. The summed E-state index contributed by atoms with van der Waals surface area (Å²) in [6.45, 7) is 1.96. The standard InChI is InChI=1S/C20H20N2O4S3/c1-14-6-2-3-7-15(14)12-21-19(23)20(24)22-13-17(16-8-4-10-27-16)29(25,26)18-9-5-11-28-18/h2-11,17H,12-13H2,1H3,(H,21,23)(H,22,24)/t17-/m1/s1. The lowest BCUT2D eigenvalue weighted by atomic mass is 10.1. The first-order valence-corrected chi connectivity index (χ1v) is 12.1. The molecular formula is C20H20N2O4S3. The molecule has 0 radical (unpaired) electrons. The largest absolute Gasteiger partial charge is 0.346 e. The van der Waals surface area contributed by atoms with Gasteiger partial charge in [-0.15, -0.1) is 22.7 Å². The van der Waals surface area contributed by atoms with E-state index in [1.807, 2.05) is 31.2 Å². The quantitative estimate of drug-likeness (QED) is 0.544. The monoisotopic (exact) mass is 448 g/mol. The summed E-state index contributed by atoms with van der Waals surface area (Å²) < 4.78 is 26.2. The van der Waals surface area contributed by atoms with E-state index in [1.54, 1.807) is 29.0 Å². The zero-order valence-electron chi connectivity index (χ0n) is 15.6. The SMILES string of the molecule is Cc1ccccc1CNC(=O)C(=O)NC[C@H](c1cccs1)S(=O)(=O)c1cccs1. The molecule has 0 saturated carbocycles. The van der Waals surface area contributed by atoms with Crippen LogP contribution < -0.4 is 10.6 Å².